The number of ether oxygens (including phenoxy) is 1. The zero-order chi connectivity index (χ0) is 23.7. The van der Waals surface area contributed by atoms with E-state index in [0.29, 0.717) is 18.8 Å². The fourth-order valence-electron chi connectivity index (χ4n) is 5.80. The monoisotopic (exact) mass is 462 g/mol. The number of hydrogen-bond donors (Lipinski definition) is 1. The molecule has 0 spiro atoms. The van der Waals surface area contributed by atoms with Crippen LogP contribution in [0, 0.1) is 19.8 Å². The number of imide groups is 1. The lowest BCUT2D eigenvalue weighted by molar-refractivity contribution is -0.135. The first-order valence-corrected chi connectivity index (χ1v) is 12.4. The average Bonchev–Trinajstić information content (AvgIpc) is 3.45. The molecular weight excluding hydrogens is 428 g/mol. The summed E-state index contributed by atoms with van der Waals surface area (Å²) in [5, 5.41) is 3.11. The van der Waals surface area contributed by atoms with Crippen LogP contribution in [-0.4, -0.2) is 59.1 Å². The van der Waals surface area contributed by atoms with Gasteiger partial charge in [0.1, 0.15) is 0 Å². The van der Waals surface area contributed by atoms with Gasteiger partial charge in [0.25, 0.3) is 5.91 Å². The molecule has 4 heterocycles. The highest BCUT2D eigenvalue weighted by Gasteiger charge is 2.58. The molecule has 34 heavy (non-hydrogen) atoms. The van der Waals surface area contributed by atoms with Crippen LogP contribution >= 0.6 is 0 Å². The van der Waals surface area contributed by atoms with Gasteiger partial charge >= 0.3 is 6.03 Å². The maximum Gasteiger partial charge on any atom is 0.325 e. The van der Waals surface area contributed by atoms with Crippen molar-refractivity contribution in [3.63, 3.8) is 0 Å². The number of rotatable bonds is 6. The molecule has 3 fully saturated rings. The molecule has 2 aromatic rings. The second-order valence-corrected chi connectivity index (χ2v) is 9.98. The first kappa shape index (κ1) is 23.0. The van der Waals surface area contributed by atoms with Crippen LogP contribution in [0.1, 0.15) is 48.1 Å². The Morgan fingerprint density at radius 3 is 2.62 bits per heavy atom. The van der Waals surface area contributed by atoms with E-state index in [9.17, 15) is 9.59 Å². The van der Waals surface area contributed by atoms with Gasteiger partial charge in [0.05, 0.1) is 18.3 Å². The first-order chi connectivity index (χ1) is 16.5. The summed E-state index contributed by atoms with van der Waals surface area (Å²) in [5.41, 5.74) is 3.46. The number of aryl methyl sites for hydroxylation is 2. The fourth-order valence-corrected chi connectivity index (χ4v) is 5.80. The number of piperidine rings is 1. The van der Waals surface area contributed by atoms with Crippen LogP contribution in [0.15, 0.2) is 42.6 Å². The van der Waals surface area contributed by atoms with Gasteiger partial charge in [-0.15, -0.1) is 0 Å². The molecule has 0 unspecified atom stereocenters. The molecule has 7 nitrogen and oxygen atoms in total. The predicted molar refractivity (Wildman–Crippen MR) is 129 cm³/mol. The Hall–Kier alpha value is -2.77. The average molecular weight is 463 g/mol. The summed E-state index contributed by atoms with van der Waals surface area (Å²) in [7, 11) is 0. The molecule has 0 saturated carbocycles. The Morgan fingerprint density at radius 1 is 1.12 bits per heavy atom. The quantitative estimate of drug-likeness (QED) is 0.665. The number of amides is 3. The molecule has 0 radical (unpaired) electrons. The Kier molecular flexibility index (Phi) is 6.40. The van der Waals surface area contributed by atoms with Gasteiger partial charge in [0, 0.05) is 19.3 Å². The van der Waals surface area contributed by atoms with Crippen LogP contribution in [0.5, 0.6) is 0 Å². The number of carbonyl (C=O) groups excluding carboxylic acids is 2. The molecule has 3 aliphatic heterocycles. The van der Waals surface area contributed by atoms with E-state index in [2.05, 4.69) is 47.2 Å². The summed E-state index contributed by atoms with van der Waals surface area (Å²) in [6, 6.07) is 11.9. The van der Waals surface area contributed by atoms with Crippen LogP contribution in [0.2, 0.25) is 0 Å². The number of urea groups is 1. The van der Waals surface area contributed by atoms with Crippen molar-refractivity contribution in [3.8, 4) is 0 Å². The second kappa shape index (κ2) is 9.47. The van der Waals surface area contributed by atoms with Gasteiger partial charge in [-0.2, -0.15) is 0 Å². The Bertz CT molecular complexity index is 1050. The number of pyridine rings is 1. The normalized spacial score (nSPS) is 26.3. The fraction of sp³-hybridized carbons (Fsp3) is 0.519. The van der Waals surface area contributed by atoms with Gasteiger partial charge in [0.2, 0.25) is 0 Å². The van der Waals surface area contributed by atoms with Gasteiger partial charge in [0.15, 0.2) is 5.54 Å². The molecule has 1 aromatic heterocycles. The molecule has 7 heteroatoms. The van der Waals surface area contributed by atoms with E-state index in [0.717, 1.165) is 45.3 Å². The van der Waals surface area contributed by atoms with Gasteiger partial charge in [-0.3, -0.25) is 19.6 Å². The molecule has 0 bridgehead atoms. The number of nitrogens with zero attached hydrogens (tertiary/aromatic N) is 3. The predicted octanol–water partition coefficient (Wildman–Crippen LogP) is 3.54. The third kappa shape index (κ3) is 4.23. The van der Waals surface area contributed by atoms with E-state index in [4.69, 9.17) is 4.74 Å². The van der Waals surface area contributed by atoms with Crippen molar-refractivity contribution in [2.45, 2.75) is 57.7 Å². The van der Waals surface area contributed by atoms with Crippen LogP contribution in [-0.2, 0) is 21.6 Å². The van der Waals surface area contributed by atoms with E-state index in [1.165, 1.54) is 21.6 Å². The highest BCUT2D eigenvalue weighted by molar-refractivity contribution is 6.07. The lowest BCUT2D eigenvalue weighted by Gasteiger charge is -2.40. The Labute approximate surface area is 201 Å². The zero-order valence-electron chi connectivity index (χ0n) is 20.1. The molecule has 2 atom stereocenters. The van der Waals surface area contributed by atoms with Crippen LogP contribution < -0.4 is 5.32 Å². The second-order valence-electron chi connectivity index (χ2n) is 9.98. The van der Waals surface area contributed by atoms with Crippen molar-refractivity contribution in [2.24, 2.45) is 5.92 Å². The van der Waals surface area contributed by atoms with E-state index in [1.807, 2.05) is 18.2 Å². The van der Waals surface area contributed by atoms with Crippen molar-refractivity contribution in [1.82, 2.24) is 20.1 Å². The van der Waals surface area contributed by atoms with Crippen molar-refractivity contribution in [2.75, 3.05) is 26.2 Å². The van der Waals surface area contributed by atoms with E-state index in [1.54, 1.807) is 6.20 Å². The minimum absolute atomic E-state index is 0.0105. The van der Waals surface area contributed by atoms with Gasteiger partial charge < -0.3 is 10.1 Å². The van der Waals surface area contributed by atoms with Crippen molar-refractivity contribution in [1.29, 1.82) is 0 Å². The van der Waals surface area contributed by atoms with Crippen molar-refractivity contribution in [3.05, 3.63) is 65.0 Å². The minimum atomic E-state index is -1.11. The molecule has 1 N–H and O–H groups in total. The topological polar surface area (TPSA) is 74.8 Å². The van der Waals surface area contributed by atoms with E-state index < -0.39 is 5.54 Å². The first-order valence-electron chi connectivity index (χ1n) is 12.4. The Morgan fingerprint density at radius 2 is 1.94 bits per heavy atom. The lowest BCUT2D eigenvalue weighted by Crippen LogP contribution is -2.54. The van der Waals surface area contributed by atoms with Gasteiger partial charge in [-0.05, 0) is 81.8 Å². The molecule has 3 aliphatic rings. The smallest absolute Gasteiger partial charge is 0.325 e. The van der Waals surface area contributed by atoms with Crippen LogP contribution in [0.4, 0.5) is 4.79 Å². The number of hydrogen-bond acceptors (Lipinski definition) is 5. The maximum atomic E-state index is 13.9. The van der Waals surface area contributed by atoms with Gasteiger partial charge in [-0.25, -0.2) is 4.79 Å². The Balaban J connectivity index is 1.35. The van der Waals surface area contributed by atoms with Crippen molar-refractivity contribution >= 4 is 11.9 Å². The van der Waals surface area contributed by atoms with Crippen LogP contribution in [0.25, 0.3) is 0 Å². The maximum absolute atomic E-state index is 13.9. The molecule has 5 rings (SSSR count). The summed E-state index contributed by atoms with van der Waals surface area (Å²) >= 11 is 0. The number of carbonyl (C=O) groups is 2. The third-order valence-electron chi connectivity index (χ3n) is 7.70. The number of benzene rings is 1. The molecule has 180 valence electrons. The van der Waals surface area contributed by atoms with Gasteiger partial charge in [-0.1, -0.05) is 29.8 Å². The standard InChI is InChI=1S/C27H34N4O3/c1-19-8-9-21(20(2)16-19)17-30-13-10-22(11-14-30)27(24-7-3-4-12-28-24)25(32)31(26(33)29-27)18-23-6-5-15-34-23/h3-4,7-9,12,16,22-23H,5-6,10-11,13-15,17-18H2,1-2H3,(H,29,33)/t23-,27-/m1/s1. The van der Waals surface area contributed by atoms with Crippen molar-refractivity contribution < 1.29 is 14.3 Å². The SMILES string of the molecule is Cc1ccc(CN2CCC([C@]3(c4ccccn4)NC(=O)N(C[C@H]4CCCO4)C3=O)CC2)c(C)c1. The molecule has 1 aromatic carbocycles. The summed E-state index contributed by atoms with van der Waals surface area (Å²) in [6.45, 7) is 7.95. The molecule has 0 aliphatic carbocycles. The highest BCUT2D eigenvalue weighted by atomic mass is 16.5. The number of aromatic nitrogens is 1. The molecular formula is C27H34N4O3. The third-order valence-corrected chi connectivity index (χ3v) is 7.70. The summed E-state index contributed by atoms with van der Waals surface area (Å²) in [5.74, 6) is -0.191. The summed E-state index contributed by atoms with van der Waals surface area (Å²) in [6.07, 6.45) is 5.12. The molecule has 3 saturated heterocycles. The summed E-state index contributed by atoms with van der Waals surface area (Å²) in [4.78, 5) is 35.4. The minimum Gasteiger partial charge on any atom is -0.376 e. The number of likely N-dealkylation sites (tertiary alicyclic amines) is 1. The van der Waals surface area contributed by atoms with E-state index in [-0.39, 0.29) is 24.0 Å². The highest BCUT2D eigenvalue weighted by Crippen LogP contribution is 2.41. The number of nitrogens with one attached hydrogen (secondary N) is 1. The largest absolute Gasteiger partial charge is 0.376 e. The summed E-state index contributed by atoms with van der Waals surface area (Å²) < 4.78 is 5.72. The molecule has 3 amide bonds. The van der Waals surface area contributed by atoms with E-state index >= 15 is 0 Å². The lowest BCUT2D eigenvalue weighted by atomic mass is 9.75. The zero-order valence-corrected chi connectivity index (χ0v) is 20.1. The van der Waals surface area contributed by atoms with Crippen LogP contribution in [0.3, 0.4) is 0 Å².